The van der Waals surface area contributed by atoms with Crippen LogP contribution >= 0.6 is 0 Å². The highest BCUT2D eigenvalue weighted by Crippen LogP contribution is 2.14. The summed E-state index contributed by atoms with van der Waals surface area (Å²) in [6, 6.07) is 14.3. The molecule has 0 unspecified atom stereocenters. The van der Waals surface area contributed by atoms with E-state index in [1.807, 2.05) is 32.0 Å². The van der Waals surface area contributed by atoms with Gasteiger partial charge in [-0.15, -0.1) is 5.10 Å². The molecular weight excluding hydrogens is 348 g/mol. The molecule has 0 saturated carbocycles. The van der Waals surface area contributed by atoms with Crippen LogP contribution in [0, 0.1) is 13.8 Å². The molecule has 0 aliphatic rings. The molecule has 7 nitrogen and oxygen atoms in total. The van der Waals surface area contributed by atoms with Crippen molar-refractivity contribution in [2.75, 3.05) is 6.61 Å². The number of aryl methyl sites for hydroxylation is 2. The molecule has 138 valence electrons. The van der Waals surface area contributed by atoms with Gasteiger partial charge in [0, 0.05) is 11.1 Å². The Labute approximate surface area is 155 Å². The first-order valence-corrected chi connectivity index (χ1v) is 8.33. The molecule has 0 aliphatic heterocycles. The molecule has 3 rings (SSSR count). The van der Waals surface area contributed by atoms with Crippen molar-refractivity contribution in [1.29, 1.82) is 0 Å². The van der Waals surface area contributed by atoms with Crippen molar-refractivity contribution in [3.8, 4) is 11.5 Å². The van der Waals surface area contributed by atoms with Crippen LogP contribution in [0.2, 0.25) is 0 Å². The summed E-state index contributed by atoms with van der Waals surface area (Å²) >= 11 is 0. The van der Waals surface area contributed by atoms with E-state index in [2.05, 4.69) is 5.10 Å². The topological polar surface area (TPSA) is 91.4 Å². The van der Waals surface area contributed by atoms with E-state index in [0.717, 1.165) is 15.8 Å². The zero-order valence-corrected chi connectivity index (χ0v) is 15.0. The number of carbonyl (C=O) groups is 2. The molecule has 0 N–H and O–H groups in total. The molecule has 0 amide bonds. The molecule has 2 aromatic carbocycles. The predicted molar refractivity (Wildman–Crippen MR) is 97.4 cm³/mol. The van der Waals surface area contributed by atoms with Gasteiger partial charge in [0.1, 0.15) is 6.54 Å². The summed E-state index contributed by atoms with van der Waals surface area (Å²) in [5.74, 6) is -1.71. The third-order valence-electron chi connectivity index (χ3n) is 3.96. The maximum absolute atomic E-state index is 12.3. The SMILES string of the molecule is Cc1ccc(C)c(C(=O)COC(=O)Cn2nc(-c3ccccc3)oc2=O)c1. The lowest BCUT2D eigenvalue weighted by atomic mass is 10.0. The largest absolute Gasteiger partial charge is 0.456 e. The van der Waals surface area contributed by atoms with E-state index in [0.29, 0.717) is 11.1 Å². The number of benzene rings is 2. The number of ketones is 1. The zero-order chi connectivity index (χ0) is 19.4. The quantitative estimate of drug-likeness (QED) is 0.492. The smallest absolute Gasteiger partial charge is 0.437 e. The van der Waals surface area contributed by atoms with E-state index < -0.39 is 24.9 Å². The van der Waals surface area contributed by atoms with Gasteiger partial charge in [0.25, 0.3) is 0 Å². The van der Waals surface area contributed by atoms with Crippen molar-refractivity contribution in [3.05, 3.63) is 75.8 Å². The summed E-state index contributed by atoms with van der Waals surface area (Å²) in [6.07, 6.45) is 0. The second kappa shape index (κ2) is 7.82. The first kappa shape index (κ1) is 18.3. The average Bonchev–Trinajstić information content (AvgIpc) is 3.03. The minimum absolute atomic E-state index is 0.111. The molecule has 0 saturated heterocycles. The van der Waals surface area contributed by atoms with Gasteiger partial charge in [-0.3, -0.25) is 9.59 Å². The van der Waals surface area contributed by atoms with Crippen LogP contribution in [0.25, 0.3) is 11.5 Å². The molecular formula is C20H18N2O5. The fourth-order valence-corrected chi connectivity index (χ4v) is 2.53. The molecule has 1 aromatic heterocycles. The lowest BCUT2D eigenvalue weighted by Gasteiger charge is -2.07. The van der Waals surface area contributed by atoms with Crippen molar-refractivity contribution < 1.29 is 18.7 Å². The number of rotatable bonds is 6. The van der Waals surface area contributed by atoms with Crippen LogP contribution in [0.5, 0.6) is 0 Å². The van der Waals surface area contributed by atoms with Gasteiger partial charge in [0.15, 0.2) is 6.61 Å². The fourth-order valence-electron chi connectivity index (χ4n) is 2.53. The number of Topliss-reactive ketones (excluding diaryl/α,β-unsaturated/α-hetero) is 1. The van der Waals surface area contributed by atoms with Crippen LogP contribution in [0.4, 0.5) is 0 Å². The monoisotopic (exact) mass is 366 g/mol. The van der Waals surface area contributed by atoms with Crippen LogP contribution in [0.3, 0.4) is 0 Å². The molecule has 1 heterocycles. The average molecular weight is 366 g/mol. The highest BCUT2D eigenvalue weighted by molar-refractivity contribution is 5.99. The van der Waals surface area contributed by atoms with Crippen LogP contribution in [0.1, 0.15) is 21.5 Å². The second-order valence-corrected chi connectivity index (χ2v) is 6.10. The standard InChI is InChI=1S/C20H18N2O5/c1-13-8-9-14(2)16(10-13)17(23)12-26-18(24)11-22-20(25)27-19(21-22)15-6-4-3-5-7-15/h3-10H,11-12H2,1-2H3. The molecule has 0 bridgehead atoms. The van der Waals surface area contributed by atoms with Crippen molar-refractivity contribution in [1.82, 2.24) is 9.78 Å². The molecule has 0 radical (unpaired) electrons. The Balaban J connectivity index is 1.63. The van der Waals surface area contributed by atoms with Crippen LogP contribution < -0.4 is 5.76 Å². The van der Waals surface area contributed by atoms with Gasteiger partial charge in [-0.2, -0.15) is 4.68 Å². The molecule has 0 atom stereocenters. The van der Waals surface area contributed by atoms with Gasteiger partial charge in [-0.25, -0.2) is 4.79 Å². The summed E-state index contributed by atoms with van der Waals surface area (Å²) < 4.78 is 10.9. The van der Waals surface area contributed by atoms with E-state index >= 15 is 0 Å². The van der Waals surface area contributed by atoms with E-state index in [1.165, 1.54) is 0 Å². The maximum Gasteiger partial charge on any atom is 0.437 e. The number of ether oxygens (including phenoxy) is 1. The number of esters is 1. The Bertz CT molecular complexity index is 1030. The Hall–Kier alpha value is -3.48. The van der Waals surface area contributed by atoms with E-state index in [-0.39, 0.29) is 11.7 Å². The number of hydrogen-bond donors (Lipinski definition) is 0. The predicted octanol–water partition coefficient (Wildman–Crippen LogP) is 2.55. The molecule has 0 aliphatic carbocycles. The maximum atomic E-state index is 12.3. The third kappa shape index (κ3) is 4.38. The first-order valence-electron chi connectivity index (χ1n) is 8.33. The molecule has 3 aromatic rings. The van der Waals surface area contributed by atoms with Crippen LogP contribution in [-0.4, -0.2) is 28.1 Å². The van der Waals surface area contributed by atoms with Crippen molar-refractivity contribution in [2.24, 2.45) is 0 Å². The molecule has 27 heavy (non-hydrogen) atoms. The molecule has 0 spiro atoms. The summed E-state index contributed by atoms with van der Waals surface area (Å²) in [7, 11) is 0. The Morgan fingerprint density at radius 3 is 2.59 bits per heavy atom. The minimum Gasteiger partial charge on any atom is -0.456 e. The summed E-state index contributed by atoms with van der Waals surface area (Å²) in [6.45, 7) is 2.86. The van der Waals surface area contributed by atoms with E-state index in [4.69, 9.17) is 9.15 Å². The van der Waals surface area contributed by atoms with E-state index in [9.17, 15) is 14.4 Å². The lowest BCUT2D eigenvalue weighted by Crippen LogP contribution is -2.24. The van der Waals surface area contributed by atoms with Gasteiger partial charge in [0.05, 0.1) is 0 Å². The van der Waals surface area contributed by atoms with Crippen molar-refractivity contribution >= 4 is 11.8 Å². The minimum atomic E-state index is -0.772. The normalized spacial score (nSPS) is 10.6. The summed E-state index contributed by atoms with van der Waals surface area (Å²) in [5, 5.41) is 3.98. The van der Waals surface area contributed by atoms with Gasteiger partial charge >= 0.3 is 11.7 Å². The highest BCUT2D eigenvalue weighted by atomic mass is 16.5. The Morgan fingerprint density at radius 2 is 1.85 bits per heavy atom. The van der Waals surface area contributed by atoms with Crippen LogP contribution in [-0.2, 0) is 16.1 Å². The molecule has 7 heteroatoms. The Kier molecular flexibility index (Phi) is 5.30. The number of aromatic nitrogens is 2. The first-order chi connectivity index (χ1) is 12.9. The third-order valence-corrected chi connectivity index (χ3v) is 3.96. The Morgan fingerprint density at radius 1 is 1.11 bits per heavy atom. The fraction of sp³-hybridized carbons (Fsp3) is 0.200. The van der Waals surface area contributed by atoms with Gasteiger partial charge in [-0.05, 0) is 37.6 Å². The summed E-state index contributed by atoms with van der Waals surface area (Å²) in [5.41, 5.74) is 2.87. The molecule has 0 fully saturated rings. The van der Waals surface area contributed by atoms with Gasteiger partial charge < -0.3 is 9.15 Å². The van der Waals surface area contributed by atoms with Gasteiger partial charge in [-0.1, -0.05) is 35.9 Å². The number of nitrogens with zero attached hydrogens (tertiary/aromatic N) is 2. The van der Waals surface area contributed by atoms with Crippen molar-refractivity contribution in [3.63, 3.8) is 0 Å². The summed E-state index contributed by atoms with van der Waals surface area (Å²) in [4.78, 5) is 36.1. The van der Waals surface area contributed by atoms with Crippen LogP contribution in [0.15, 0.2) is 57.7 Å². The number of carbonyl (C=O) groups excluding carboxylic acids is 2. The number of hydrogen-bond acceptors (Lipinski definition) is 6. The highest BCUT2D eigenvalue weighted by Gasteiger charge is 2.16. The second-order valence-electron chi connectivity index (χ2n) is 6.10. The van der Waals surface area contributed by atoms with Crippen molar-refractivity contribution in [2.45, 2.75) is 20.4 Å². The lowest BCUT2D eigenvalue weighted by molar-refractivity contribution is -0.143. The van der Waals surface area contributed by atoms with E-state index in [1.54, 1.807) is 30.3 Å². The zero-order valence-electron chi connectivity index (χ0n) is 15.0. The van der Waals surface area contributed by atoms with Gasteiger partial charge in [0.2, 0.25) is 11.7 Å².